The first-order chi connectivity index (χ1) is 9.45. The van der Waals surface area contributed by atoms with Gasteiger partial charge in [0.1, 0.15) is 10.7 Å². The highest BCUT2D eigenvalue weighted by molar-refractivity contribution is 7.18. The summed E-state index contributed by atoms with van der Waals surface area (Å²) in [7, 11) is 1.70. The molecule has 6 nitrogen and oxygen atoms in total. The molecule has 1 aromatic heterocycles. The Balaban J connectivity index is 2.06. The van der Waals surface area contributed by atoms with E-state index < -0.39 is 5.60 Å². The molecule has 1 aliphatic rings. The number of nitrogen functional groups attached to an aromatic ring is 1. The molecule has 7 heteroatoms. The van der Waals surface area contributed by atoms with Gasteiger partial charge in [-0.05, 0) is 19.8 Å². The van der Waals surface area contributed by atoms with Gasteiger partial charge >= 0.3 is 0 Å². The molecule has 0 radical (unpaired) electrons. The molecule has 112 valence electrons. The zero-order valence-electron chi connectivity index (χ0n) is 12.0. The number of nitrogens with two attached hydrogens (primary N) is 1. The van der Waals surface area contributed by atoms with Crippen LogP contribution in [0.2, 0.25) is 0 Å². The Morgan fingerprint density at radius 2 is 2.20 bits per heavy atom. The number of amides is 1. The van der Waals surface area contributed by atoms with Crippen molar-refractivity contribution in [2.75, 3.05) is 31.2 Å². The van der Waals surface area contributed by atoms with Gasteiger partial charge in [-0.15, -0.1) is 0 Å². The molecule has 0 aromatic carbocycles. The number of aliphatic hydroxyl groups is 1. The third-order valence-corrected chi connectivity index (χ3v) is 4.60. The summed E-state index contributed by atoms with van der Waals surface area (Å²) in [4.78, 5) is 18.5. The summed E-state index contributed by atoms with van der Waals surface area (Å²) in [5, 5.41) is 14.1. The molecule has 4 N–H and O–H groups in total. The molecule has 1 aliphatic carbocycles. The van der Waals surface area contributed by atoms with Crippen LogP contribution in [0.15, 0.2) is 0 Å². The van der Waals surface area contributed by atoms with Crippen molar-refractivity contribution in [3.05, 3.63) is 4.88 Å². The number of aromatic nitrogens is 1. The average molecular weight is 298 g/mol. The summed E-state index contributed by atoms with van der Waals surface area (Å²) >= 11 is 1.26. The Labute approximate surface area is 123 Å². The van der Waals surface area contributed by atoms with Gasteiger partial charge in [-0.1, -0.05) is 24.2 Å². The Morgan fingerprint density at radius 1 is 1.55 bits per heavy atom. The van der Waals surface area contributed by atoms with Crippen molar-refractivity contribution in [1.82, 2.24) is 9.88 Å². The molecule has 0 spiro atoms. The zero-order chi connectivity index (χ0) is 14.8. The highest BCUT2D eigenvalue weighted by Gasteiger charge is 2.34. The molecule has 1 amide bonds. The molecule has 0 aliphatic heterocycles. The molecular weight excluding hydrogens is 276 g/mol. The van der Waals surface area contributed by atoms with Crippen LogP contribution < -0.4 is 11.1 Å². The minimum atomic E-state index is -0.742. The van der Waals surface area contributed by atoms with Gasteiger partial charge in [0.2, 0.25) is 0 Å². The second kappa shape index (κ2) is 5.97. The number of hydrogen-bond donors (Lipinski definition) is 3. The SMILES string of the molecule is CCNc1nc(N)c(C(=O)N(C)CC2(O)CCCC2)s1. The maximum atomic E-state index is 12.4. The lowest BCUT2D eigenvalue weighted by molar-refractivity contribution is 0.0158. The van der Waals surface area contributed by atoms with Gasteiger partial charge in [0.25, 0.3) is 5.91 Å². The lowest BCUT2D eigenvalue weighted by atomic mass is 10.0. The lowest BCUT2D eigenvalue weighted by Gasteiger charge is -2.28. The number of hydrogen-bond acceptors (Lipinski definition) is 6. The van der Waals surface area contributed by atoms with E-state index in [0.29, 0.717) is 16.6 Å². The van der Waals surface area contributed by atoms with Crippen LogP contribution in [0.3, 0.4) is 0 Å². The molecule has 20 heavy (non-hydrogen) atoms. The normalized spacial score (nSPS) is 17.1. The summed E-state index contributed by atoms with van der Waals surface area (Å²) in [6.45, 7) is 3.04. The van der Waals surface area contributed by atoms with Crippen LogP contribution in [-0.4, -0.2) is 46.6 Å². The maximum Gasteiger partial charge on any atom is 0.267 e. The van der Waals surface area contributed by atoms with Crippen LogP contribution in [0.1, 0.15) is 42.3 Å². The van der Waals surface area contributed by atoms with Gasteiger partial charge in [-0.2, -0.15) is 0 Å². The first-order valence-electron chi connectivity index (χ1n) is 6.93. The monoisotopic (exact) mass is 298 g/mol. The third-order valence-electron chi connectivity index (χ3n) is 3.59. The van der Waals surface area contributed by atoms with Crippen molar-refractivity contribution >= 4 is 28.2 Å². The van der Waals surface area contributed by atoms with E-state index in [4.69, 9.17) is 5.73 Å². The Hall–Kier alpha value is -1.34. The Kier molecular flexibility index (Phi) is 4.49. The molecule has 1 fully saturated rings. The molecule has 0 atom stereocenters. The number of nitrogens with one attached hydrogen (secondary N) is 1. The van der Waals surface area contributed by atoms with Crippen LogP contribution in [0.25, 0.3) is 0 Å². The number of likely N-dealkylation sites (N-methyl/N-ethyl adjacent to an activating group) is 1. The van der Waals surface area contributed by atoms with E-state index in [9.17, 15) is 9.90 Å². The van der Waals surface area contributed by atoms with E-state index in [2.05, 4.69) is 10.3 Å². The fourth-order valence-corrected chi connectivity index (χ4v) is 3.54. The number of carbonyl (C=O) groups excluding carboxylic acids is 1. The number of anilines is 2. The van der Waals surface area contributed by atoms with E-state index in [-0.39, 0.29) is 11.7 Å². The predicted molar refractivity (Wildman–Crippen MR) is 81.1 cm³/mol. The fraction of sp³-hybridized carbons (Fsp3) is 0.692. The van der Waals surface area contributed by atoms with E-state index in [1.807, 2.05) is 6.92 Å². The van der Waals surface area contributed by atoms with Crippen molar-refractivity contribution < 1.29 is 9.90 Å². The predicted octanol–water partition coefficient (Wildman–Crippen LogP) is 1.53. The van der Waals surface area contributed by atoms with Crippen molar-refractivity contribution in [3.8, 4) is 0 Å². The van der Waals surface area contributed by atoms with E-state index in [0.717, 1.165) is 32.2 Å². The van der Waals surface area contributed by atoms with E-state index >= 15 is 0 Å². The molecule has 1 heterocycles. The minimum Gasteiger partial charge on any atom is -0.388 e. The molecule has 1 saturated carbocycles. The largest absolute Gasteiger partial charge is 0.388 e. The number of carbonyl (C=O) groups is 1. The van der Waals surface area contributed by atoms with Crippen molar-refractivity contribution in [1.29, 1.82) is 0 Å². The summed E-state index contributed by atoms with van der Waals surface area (Å²) in [6, 6.07) is 0. The highest BCUT2D eigenvalue weighted by atomic mass is 32.1. The van der Waals surface area contributed by atoms with E-state index in [1.165, 1.54) is 11.3 Å². The van der Waals surface area contributed by atoms with Crippen LogP contribution >= 0.6 is 11.3 Å². The molecule has 1 aromatic rings. The first kappa shape index (κ1) is 15.1. The van der Waals surface area contributed by atoms with Gasteiger partial charge < -0.3 is 21.1 Å². The number of thiazole rings is 1. The van der Waals surface area contributed by atoms with Gasteiger partial charge in [0, 0.05) is 20.1 Å². The molecule has 0 saturated heterocycles. The summed E-state index contributed by atoms with van der Waals surface area (Å²) < 4.78 is 0. The van der Waals surface area contributed by atoms with Crippen LogP contribution in [0.5, 0.6) is 0 Å². The minimum absolute atomic E-state index is 0.176. The highest BCUT2D eigenvalue weighted by Crippen LogP contribution is 2.31. The van der Waals surface area contributed by atoms with Gasteiger partial charge in [-0.3, -0.25) is 4.79 Å². The standard InChI is InChI=1S/C13H22N4O2S/c1-3-15-12-16-10(14)9(20-12)11(18)17(2)8-13(19)6-4-5-7-13/h19H,3-8,14H2,1-2H3,(H,15,16). The van der Waals surface area contributed by atoms with Crippen LogP contribution in [0, 0.1) is 0 Å². The van der Waals surface area contributed by atoms with Gasteiger partial charge in [0.15, 0.2) is 5.13 Å². The summed E-state index contributed by atoms with van der Waals surface area (Å²) in [5.74, 6) is 0.0747. The summed E-state index contributed by atoms with van der Waals surface area (Å²) in [6.07, 6.45) is 3.55. The third kappa shape index (κ3) is 3.21. The van der Waals surface area contributed by atoms with E-state index in [1.54, 1.807) is 11.9 Å². The number of rotatable bonds is 5. The fourth-order valence-electron chi connectivity index (χ4n) is 2.59. The molecule has 0 bridgehead atoms. The van der Waals surface area contributed by atoms with Crippen molar-refractivity contribution in [2.45, 2.75) is 38.2 Å². The Bertz CT molecular complexity index is 483. The van der Waals surface area contributed by atoms with Crippen LogP contribution in [0.4, 0.5) is 10.9 Å². The van der Waals surface area contributed by atoms with Crippen molar-refractivity contribution in [3.63, 3.8) is 0 Å². The molecular formula is C13H22N4O2S. The lowest BCUT2D eigenvalue weighted by Crippen LogP contribution is -2.42. The summed E-state index contributed by atoms with van der Waals surface area (Å²) in [5.41, 5.74) is 5.06. The average Bonchev–Trinajstić information content (AvgIpc) is 2.95. The topological polar surface area (TPSA) is 91.5 Å². The van der Waals surface area contributed by atoms with Gasteiger partial charge in [0.05, 0.1) is 5.60 Å². The van der Waals surface area contributed by atoms with Crippen LogP contribution in [-0.2, 0) is 0 Å². The second-order valence-corrected chi connectivity index (χ2v) is 6.36. The number of nitrogens with zero attached hydrogens (tertiary/aromatic N) is 2. The van der Waals surface area contributed by atoms with Crippen molar-refractivity contribution in [2.24, 2.45) is 0 Å². The molecule has 0 unspecified atom stereocenters. The smallest absolute Gasteiger partial charge is 0.267 e. The van der Waals surface area contributed by atoms with Gasteiger partial charge in [-0.25, -0.2) is 4.98 Å². The first-order valence-corrected chi connectivity index (χ1v) is 7.75. The maximum absolute atomic E-state index is 12.4. The second-order valence-electron chi connectivity index (χ2n) is 5.36. The zero-order valence-corrected chi connectivity index (χ0v) is 12.8. The quantitative estimate of drug-likeness (QED) is 0.767. The molecule has 2 rings (SSSR count). The Morgan fingerprint density at radius 3 is 2.80 bits per heavy atom.